The molecule has 98 valence electrons. The van der Waals surface area contributed by atoms with E-state index in [4.69, 9.17) is 18.0 Å². The van der Waals surface area contributed by atoms with Crippen molar-refractivity contribution in [1.82, 2.24) is 10.3 Å². The van der Waals surface area contributed by atoms with Crippen LogP contribution in [0.1, 0.15) is 18.1 Å². The maximum atomic E-state index is 11.5. The Kier molecular flexibility index (Phi) is 5.03. The lowest BCUT2D eigenvalue weighted by Gasteiger charge is -2.21. The minimum atomic E-state index is -0.0582. The lowest BCUT2D eigenvalue weighted by atomic mass is 10.1. The van der Waals surface area contributed by atoms with Gasteiger partial charge in [0.2, 0.25) is 5.91 Å². The molecule has 0 saturated carbocycles. The van der Waals surface area contributed by atoms with E-state index >= 15 is 0 Å². The molecule has 0 bridgehead atoms. The Bertz CT molecular complexity index is 461. The number of carbonyl (C=O) groups is 1. The number of amides is 1. The van der Waals surface area contributed by atoms with Crippen LogP contribution in [0.5, 0.6) is 0 Å². The summed E-state index contributed by atoms with van der Waals surface area (Å²) in [6.07, 6.45) is 1.68. The normalized spacial score (nSPS) is 9.94. The standard InChI is InChI=1S/C12H18N4OS/c1-4-14-9(17)7-16(3)12-10(11(13)18)8(2)5-6-15-12/h5-6H,4,7H2,1-3H3,(H2,13,18)(H,14,17). The van der Waals surface area contributed by atoms with Gasteiger partial charge in [0, 0.05) is 19.8 Å². The summed E-state index contributed by atoms with van der Waals surface area (Å²) in [5.41, 5.74) is 7.38. The zero-order valence-electron chi connectivity index (χ0n) is 10.9. The summed E-state index contributed by atoms with van der Waals surface area (Å²) in [7, 11) is 1.79. The van der Waals surface area contributed by atoms with Crippen molar-refractivity contribution in [2.24, 2.45) is 5.73 Å². The Morgan fingerprint density at radius 2 is 2.28 bits per heavy atom. The van der Waals surface area contributed by atoms with E-state index < -0.39 is 0 Å². The van der Waals surface area contributed by atoms with Crippen molar-refractivity contribution in [3.05, 3.63) is 23.4 Å². The number of likely N-dealkylation sites (N-methyl/N-ethyl adjacent to an activating group) is 2. The third kappa shape index (κ3) is 3.40. The molecule has 0 aliphatic rings. The van der Waals surface area contributed by atoms with Crippen LogP contribution in [0.3, 0.4) is 0 Å². The molecule has 0 aliphatic carbocycles. The summed E-state index contributed by atoms with van der Waals surface area (Å²) in [6, 6.07) is 1.85. The van der Waals surface area contributed by atoms with Gasteiger partial charge in [-0.15, -0.1) is 0 Å². The Hall–Kier alpha value is -1.69. The Balaban J connectivity index is 2.98. The number of nitrogens with two attached hydrogens (primary N) is 1. The third-order valence-corrected chi connectivity index (χ3v) is 2.71. The molecule has 0 atom stereocenters. The van der Waals surface area contributed by atoms with E-state index in [0.29, 0.717) is 17.4 Å². The molecule has 0 aromatic carbocycles. The van der Waals surface area contributed by atoms with E-state index in [1.54, 1.807) is 18.1 Å². The molecule has 1 amide bonds. The van der Waals surface area contributed by atoms with Gasteiger partial charge in [-0.05, 0) is 25.5 Å². The molecule has 0 fully saturated rings. The van der Waals surface area contributed by atoms with Crippen molar-refractivity contribution < 1.29 is 4.79 Å². The zero-order valence-corrected chi connectivity index (χ0v) is 11.7. The first-order chi connectivity index (χ1) is 8.47. The van der Waals surface area contributed by atoms with Gasteiger partial charge in [0.25, 0.3) is 0 Å². The van der Waals surface area contributed by atoms with Gasteiger partial charge >= 0.3 is 0 Å². The van der Waals surface area contributed by atoms with Crippen molar-refractivity contribution in [2.75, 3.05) is 25.0 Å². The third-order valence-electron chi connectivity index (χ3n) is 2.50. The lowest BCUT2D eigenvalue weighted by molar-refractivity contribution is -0.119. The molecule has 0 unspecified atom stereocenters. The van der Waals surface area contributed by atoms with Crippen LogP contribution in [-0.2, 0) is 4.79 Å². The summed E-state index contributed by atoms with van der Waals surface area (Å²) in [5, 5.41) is 2.74. The number of aromatic nitrogens is 1. The maximum Gasteiger partial charge on any atom is 0.239 e. The predicted molar refractivity (Wildman–Crippen MR) is 76.8 cm³/mol. The number of rotatable bonds is 5. The molecule has 0 radical (unpaired) electrons. The highest BCUT2D eigenvalue weighted by molar-refractivity contribution is 7.80. The van der Waals surface area contributed by atoms with Gasteiger partial charge in [-0.1, -0.05) is 12.2 Å². The number of nitrogens with one attached hydrogen (secondary N) is 1. The number of carbonyl (C=O) groups excluding carboxylic acids is 1. The highest BCUT2D eigenvalue weighted by Gasteiger charge is 2.15. The Morgan fingerprint density at radius 1 is 1.61 bits per heavy atom. The largest absolute Gasteiger partial charge is 0.389 e. The first kappa shape index (κ1) is 14.4. The molecule has 0 saturated heterocycles. The fourth-order valence-corrected chi connectivity index (χ4v) is 1.93. The van der Waals surface area contributed by atoms with Crippen molar-refractivity contribution >= 4 is 28.9 Å². The number of pyridine rings is 1. The van der Waals surface area contributed by atoms with Gasteiger partial charge in [-0.3, -0.25) is 4.79 Å². The lowest BCUT2D eigenvalue weighted by Crippen LogP contribution is -2.36. The van der Waals surface area contributed by atoms with Crippen molar-refractivity contribution in [2.45, 2.75) is 13.8 Å². The molecule has 6 heteroatoms. The SMILES string of the molecule is CCNC(=O)CN(C)c1nccc(C)c1C(N)=S. The zero-order chi connectivity index (χ0) is 13.7. The summed E-state index contributed by atoms with van der Waals surface area (Å²) in [5.74, 6) is 0.575. The second kappa shape index (κ2) is 6.30. The molecular weight excluding hydrogens is 248 g/mol. The molecule has 0 aliphatic heterocycles. The molecule has 1 aromatic rings. The Morgan fingerprint density at radius 3 is 2.83 bits per heavy atom. The quantitative estimate of drug-likeness (QED) is 0.764. The van der Waals surface area contributed by atoms with E-state index in [9.17, 15) is 4.79 Å². The maximum absolute atomic E-state index is 11.5. The second-order valence-corrected chi connectivity index (χ2v) is 4.44. The van der Waals surface area contributed by atoms with Gasteiger partial charge in [0.15, 0.2) is 0 Å². The van der Waals surface area contributed by atoms with Crippen LogP contribution >= 0.6 is 12.2 Å². The molecule has 1 rings (SSSR count). The molecule has 0 spiro atoms. The minimum absolute atomic E-state index is 0.0582. The number of thiocarbonyl (C=S) groups is 1. The first-order valence-corrected chi connectivity index (χ1v) is 6.11. The summed E-state index contributed by atoms with van der Waals surface area (Å²) < 4.78 is 0. The fourth-order valence-electron chi connectivity index (χ4n) is 1.68. The summed E-state index contributed by atoms with van der Waals surface area (Å²) in [6.45, 7) is 4.62. The van der Waals surface area contributed by atoms with Crippen LogP contribution in [0.4, 0.5) is 5.82 Å². The molecule has 3 N–H and O–H groups in total. The predicted octanol–water partition coefficient (Wildman–Crippen LogP) is 0.597. The molecule has 18 heavy (non-hydrogen) atoms. The van der Waals surface area contributed by atoms with E-state index in [2.05, 4.69) is 10.3 Å². The number of hydrogen-bond acceptors (Lipinski definition) is 4. The Labute approximate surface area is 112 Å². The van der Waals surface area contributed by atoms with E-state index in [1.807, 2.05) is 19.9 Å². The topological polar surface area (TPSA) is 71.2 Å². The number of nitrogens with zero attached hydrogens (tertiary/aromatic N) is 2. The van der Waals surface area contributed by atoms with Gasteiger partial charge < -0.3 is 16.0 Å². The number of aryl methyl sites for hydroxylation is 1. The average Bonchev–Trinajstić information content (AvgIpc) is 2.28. The molecule has 1 aromatic heterocycles. The molecular formula is C12H18N4OS. The van der Waals surface area contributed by atoms with Crippen LogP contribution in [0, 0.1) is 6.92 Å². The summed E-state index contributed by atoms with van der Waals surface area (Å²) >= 11 is 5.03. The van der Waals surface area contributed by atoms with E-state index in [1.165, 1.54) is 0 Å². The molecule has 1 heterocycles. The van der Waals surface area contributed by atoms with Crippen LogP contribution < -0.4 is 16.0 Å². The monoisotopic (exact) mass is 266 g/mol. The van der Waals surface area contributed by atoms with Crippen LogP contribution in [0.15, 0.2) is 12.3 Å². The minimum Gasteiger partial charge on any atom is -0.389 e. The van der Waals surface area contributed by atoms with Gasteiger partial charge in [-0.2, -0.15) is 0 Å². The smallest absolute Gasteiger partial charge is 0.239 e. The highest BCUT2D eigenvalue weighted by atomic mass is 32.1. The van der Waals surface area contributed by atoms with Crippen LogP contribution in [0.25, 0.3) is 0 Å². The average molecular weight is 266 g/mol. The van der Waals surface area contributed by atoms with E-state index in [0.717, 1.165) is 11.1 Å². The van der Waals surface area contributed by atoms with Gasteiger partial charge in [-0.25, -0.2) is 4.98 Å². The highest BCUT2D eigenvalue weighted by Crippen LogP contribution is 2.19. The van der Waals surface area contributed by atoms with Crippen molar-refractivity contribution in [3.63, 3.8) is 0 Å². The number of hydrogen-bond donors (Lipinski definition) is 2. The van der Waals surface area contributed by atoms with Gasteiger partial charge in [0.05, 0.1) is 12.1 Å². The van der Waals surface area contributed by atoms with Crippen molar-refractivity contribution in [3.8, 4) is 0 Å². The summed E-state index contributed by atoms with van der Waals surface area (Å²) in [4.78, 5) is 17.8. The molecule has 5 nitrogen and oxygen atoms in total. The van der Waals surface area contributed by atoms with Crippen LogP contribution in [0.2, 0.25) is 0 Å². The first-order valence-electron chi connectivity index (χ1n) is 5.70. The second-order valence-electron chi connectivity index (χ2n) is 4.00. The van der Waals surface area contributed by atoms with Crippen molar-refractivity contribution in [1.29, 1.82) is 0 Å². The van der Waals surface area contributed by atoms with E-state index in [-0.39, 0.29) is 12.5 Å². The van der Waals surface area contributed by atoms with Gasteiger partial charge in [0.1, 0.15) is 10.8 Å². The number of anilines is 1. The van der Waals surface area contributed by atoms with Crippen LogP contribution in [-0.4, -0.2) is 36.0 Å². The fraction of sp³-hybridized carbons (Fsp3) is 0.417.